The van der Waals surface area contributed by atoms with Gasteiger partial charge >= 0.3 is 0 Å². The molecule has 1 heterocycles. The lowest BCUT2D eigenvalue weighted by Crippen LogP contribution is -2.25. The number of carbonyl (C=O) groups excluding carboxylic acids is 1. The first-order chi connectivity index (χ1) is 13.9. The number of nitrogens with zero attached hydrogens (tertiary/aromatic N) is 2. The van der Waals surface area contributed by atoms with Crippen LogP contribution in [0.25, 0.3) is 10.6 Å². The van der Waals surface area contributed by atoms with Gasteiger partial charge in [-0.1, -0.05) is 12.1 Å². The first kappa shape index (κ1) is 21.0. The zero-order valence-corrected chi connectivity index (χ0v) is 17.7. The summed E-state index contributed by atoms with van der Waals surface area (Å²) in [4.78, 5) is 19.9. The van der Waals surface area contributed by atoms with E-state index in [0.29, 0.717) is 33.4 Å². The van der Waals surface area contributed by atoms with Crippen LogP contribution in [0.15, 0.2) is 42.5 Å². The summed E-state index contributed by atoms with van der Waals surface area (Å²) in [6.07, 6.45) is 0. The van der Waals surface area contributed by atoms with Crippen molar-refractivity contribution in [2.24, 2.45) is 0 Å². The molecule has 0 bridgehead atoms. The molecule has 29 heavy (non-hydrogen) atoms. The van der Waals surface area contributed by atoms with Crippen LogP contribution in [0.2, 0.25) is 0 Å². The molecule has 5 nitrogen and oxygen atoms in total. The second kappa shape index (κ2) is 9.15. The Bertz CT molecular complexity index is 1000. The van der Waals surface area contributed by atoms with Crippen LogP contribution < -0.4 is 9.47 Å². The fourth-order valence-corrected chi connectivity index (χ4v) is 4.05. The Hall–Kier alpha value is -2.77. The number of hydrogen-bond donors (Lipinski definition) is 0. The number of thiazole rings is 1. The van der Waals surface area contributed by atoms with Gasteiger partial charge in [-0.05, 0) is 43.8 Å². The average molecular weight is 415 g/mol. The average Bonchev–Trinajstić information content (AvgIpc) is 3.09. The summed E-state index contributed by atoms with van der Waals surface area (Å²) in [6.45, 7) is 2.73. The number of aromatic nitrogens is 1. The first-order valence-electron chi connectivity index (χ1n) is 9.07. The van der Waals surface area contributed by atoms with E-state index in [9.17, 15) is 9.18 Å². The van der Waals surface area contributed by atoms with Crippen molar-refractivity contribution in [3.63, 3.8) is 0 Å². The standard InChI is InChI=1S/C22H23FN2O3S/c1-14-21(29-22(24-14)18-10-7-16(23)11-20(18)28-4)19(26)13-25(2)12-15-5-8-17(27-3)9-6-15/h5-11H,12-13H2,1-4H3. The van der Waals surface area contributed by atoms with Gasteiger partial charge < -0.3 is 9.47 Å². The largest absolute Gasteiger partial charge is 0.497 e. The number of rotatable bonds is 8. The molecule has 0 saturated carbocycles. The minimum absolute atomic E-state index is 0.00309. The third kappa shape index (κ3) is 4.99. The van der Waals surface area contributed by atoms with Crippen molar-refractivity contribution in [3.8, 4) is 22.1 Å². The fraction of sp³-hybridized carbons (Fsp3) is 0.273. The quantitative estimate of drug-likeness (QED) is 0.505. The van der Waals surface area contributed by atoms with E-state index in [0.717, 1.165) is 11.3 Å². The molecule has 1 aromatic heterocycles. The van der Waals surface area contributed by atoms with Gasteiger partial charge in [-0.3, -0.25) is 9.69 Å². The van der Waals surface area contributed by atoms with Crippen LogP contribution in [-0.4, -0.2) is 43.5 Å². The molecule has 0 N–H and O–H groups in total. The summed E-state index contributed by atoms with van der Waals surface area (Å²) in [6, 6.07) is 12.1. The number of halogens is 1. The molecule has 7 heteroatoms. The van der Waals surface area contributed by atoms with Crippen molar-refractivity contribution in [2.75, 3.05) is 27.8 Å². The summed E-state index contributed by atoms with van der Waals surface area (Å²) in [5.41, 5.74) is 2.44. The van der Waals surface area contributed by atoms with E-state index in [1.807, 2.05) is 43.1 Å². The van der Waals surface area contributed by atoms with Crippen molar-refractivity contribution < 1.29 is 18.7 Å². The van der Waals surface area contributed by atoms with E-state index in [2.05, 4.69) is 4.98 Å². The maximum Gasteiger partial charge on any atom is 0.188 e. The number of ketones is 1. The predicted octanol–water partition coefficient (Wildman–Crippen LogP) is 4.59. The Kier molecular flexibility index (Phi) is 6.61. The van der Waals surface area contributed by atoms with Crippen LogP contribution in [0.5, 0.6) is 11.5 Å². The van der Waals surface area contributed by atoms with E-state index in [1.54, 1.807) is 13.2 Å². The molecular formula is C22H23FN2O3S. The van der Waals surface area contributed by atoms with Crippen LogP contribution >= 0.6 is 11.3 Å². The van der Waals surface area contributed by atoms with Crippen molar-refractivity contribution in [2.45, 2.75) is 13.5 Å². The van der Waals surface area contributed by atoms with E-state index >= 15 is 0 Å². The number of aryl methyl sites for hydroxylation is 1. The molecule has 0 aliphatic rings. The second-order valence-electron chi connectivity index (χ2n) is 6.72. The van der Waals surface area contributed by atoms with Crippen molar-refractivity contribution in [1.82, 2.24) is 9.88 Å². The lowest BCUT2D eigenvalue weighted by molar-refractivity contribution is 0.0946. The number of hydrogen-bond acceptors (Lipinski definition) is 6. The van der Waals surface area contributed by atoms with Crippen LogP contribution in [0.1, 0.15) is 20.9 Å². The molecule has 0 aliphatic carbocycles. The fourth-order valence-electron chi connectivity index (χ4n) is 3.03. The Morgan fingerprint density at radius 2 is 1.86 bits per heavy atom. The molecule has 0 atom stereocenters. The SMILES string of the molecule is COc1ccc(CN(C)CC(=O)c2sc(-c3ccc(F)cc3OC)nc2C)cc1. The molecule has 0 aliphatic heterocycles. The number of Topliss-reactive ketones (excluding diaryl/α,β-unsaturated/α-hetero) is 1. The summed E-state index contributed by atoms with van der Waals surface area (Å²) in [5.74, 6) is 0.824. The van der Waals surface area contributed by atoms with Gasteiger partial charge in [-0.15, -0.1) is 11.3 Å². The zero-order chi connectivity index (χ0) is 21.0. The van der Waals surface area contributed by atoms with Gasteiger partial charge in [-0.2, -0.15) is 0 Å². The molecule has 0 saturated heterocycles. The van der Waals surface area contributed by atoms with Crippen molar-refractivity contribution in [1.29, 1.82) is 0 Å². The van der Waals surface area contributed by atoms with E-state index in [4.69, 9.17) is 9.47 Å². The molecule has 0 unspecified atom stereocenters. The summed E-state index contributed by atoms with van der Waals surface area (Å²) in [7, 11) is 5.02. The Morgan fingerprint density at radius 1 is 1.14 bits per heavy atom. The van der Waals surface area contributed by atoms with Crippen LogP contribution in [0.4, 0.5) is 4.39 Å². The van der Waals surface area contributed by atoms with Crippen molar-refractivity contribution >= 4 is 17.1 Å². The molecule has 3 rings (SSSR count). The number of likely N-dealkylation sites (N-methyl/N-ethyl adjacent to an activating group) is 1. The normalized spacial score (nSPS) is 11.0. The van der Waals surface area contributed by atoms with Gasteiger partial charge in [0.15, 0.2) is 5.78 Å². The summed E-state index contributed by atoms with van der Waals surface area (Å²) < 4.78 is 23.9. The molecule has 3 aromatic rings. The zero-order valence-electron chi connectivity index (χ0n) is 16.9. The maximum absolute atomic E-state index is 13.5. The molecule has 0 radical (unpaired) electrons. The highest BCUT2D eigenvalue weighted by Gasteiger charge is 2.19. The van der Waals surface area contributed by atoms with Gasteiger partial charge in [-0.25, -0.2) is 9.37 Å². The molecular weight excluding hydrogens is 391 g/mol. The first-order valence-corrected chi connectivity index (χ1v) is 9.89. The number of carbonyl (C=O) groups is 1. The molecule has 0 fully saturated rings. The topological polar surface area (TPSA) is 51.7 Å². The molecule has 152 valence electrons. The van der Waals surface area contributed by atoms with Gasteiger partial charge in [0.25, 0.3) is 0 Å². The smallest absolute Gasteiger partial charge is 0.188 e. The Balaban J connectivity index is 1.73. The molecule has 2 aromatic carbocycles. The predicted molar refractivity (Wildman–Crippen MR) is 112 cm³/mol. The van der Waals surface area contributed by atoms with Crippen molar-refractivity contribution in [3.05, 3.63) is 64.4 Å². The highest BCUT2D eigenvalue weighted by atomic mass is 32.1. The molecule has 0 spiro atoms. The molecule has 0 amide bonds. The summed E-state index contributed by atoms with van der Waals surface area (Å²) in [5, 5.41) is 0.639. The van der Waals surface area contributed by atoms with Gasteiger partial charge in [0, 0.05) is 12.6 Å². The second-order valence-corrected chi connectivity index (χ2v) is 7.72. The Morgan fingerprint density at radius 3 is 2.52 bits per heavy atom. The van der Waals surface area contributed by atoms with Crippen LogP contribution in [0.3, 0.4) is 0 Å². The van der Waals surface area contributed by atoms with Gasteiger partial charge in [0.1, 0.15) is 22.3 Å². The van der Waals surface area contributed by atoms with Crippen LogP contribution in [-0.2, 0) is 6.54 Å². The minimum atomic E-state index is -0.379. The van der Waals surface area contributed by atoms with E-state index in [-0.39, 0.29) is 18.1 Å². The Labute approximate surface area is 173 Å². The van der Waals surface area contributed by atoms with Crippen LogP contribution in [0, 0.1) is 12.7 Å². The van der Waals surface area contributed by atoms with E-state index in [1.165, 1.54) is 30.6 Å². The van der Waals surface area contributed by atoms with Gasteiger partial charge in [0.2, 0.25) is 0 Å². The number of methoxy groups -OCH3 is 2. The van der Waals surface area contributed by atoms with E-state index < -0.39 is 0 Å². The highest BCUT2D eigenvalue weighted by Crippen LogP contribution is 2.35. The third-order valence-electron chi connectivity index (χ3n) is 4.47. The highest BCUT2D eigenvalue weighted by molar-refractivity contribution is 7.17. The third-order valence-corrected chi connectivity index (χ3v) is 5.70. The van der Waals surface area contributed by atoms with Gasteiger partial charge in [0.05, 0.1) is 36.9 Å². The minimum Gasteiger partial charge on any atom is -0.497 e. The summed E-state index contributed by atoms with van der Waals surface area (Å²) >= 11 is 1.30. The number of benzene rings is 2. The lowest BCUT2D eigenvalue weighted by atomic mass is 10.2. The maximum atomic E-state index is 13.5. The number of ether oxygens (including phenoxy) is 2. The monoisotopic (exact) mass is 414 g/mol. The lowest BCUT2D eigenvalue weighted by Gasteiger charge is -2.15.